The summed E-state index contributed by atoms with van der Waals surface area (Å²) in [5.41, 5.74) is 2.32. The Hall–Kier alpha value is -3.03. The molecule has 0 bridgehead atoms. The molecular weight excluding hydrogens is 392 g/mol. The smallest absolute Gasteiger partial charge is 0.239 e. The number of carbonyl (C=O) groups excluding carboxylic acids is 1. The lowest BCUT2D eigenvalue weighted by atomic mass is 10.2. The average Bonchev–Trinajstić information content (AvgIpc) is 3.13. The summed E-state index contributed by atoms with van der Waals surface area (Å²) in [5, 5.41) is 3.51. The van der Waals surface area contributed by atoms with E-state index >= 15 is 0 Å². The molecule has 0 saturated carbocycles. The van der Waals surface area contributed by atoms with Gasteiger partial charge in [-0.15, -0.1) is 11.3 Å². The second-order valence-electron chi connectivity index (χ2n) is 6.19. The molecule has 4 rings (SSSR count). The van der Waals surface area contributed by atoms with Crippen molar-refractivity contribution >= 4 is 43.0 Å². The standard InChI is InChI=1S/C21H16N2O3S2/c24-20(14-28(25,26)17-9-2-1-3-10-17)22-16-8-6-7-15(13-16)21-23-18-11-4-5-12-19(18)27-21/h1-13H,14H2,(H,22,24). The van der Waals surface area contributed by atoms with Crippen molar-refractivity contribution in [2.45, 2.75) is 4.90 Å². The van der Waals surface area contributed by atoms with Crippen LogP contribution < -0.4 is 5.32 Å². The largest absolute Gasteiger partial charge is 0.325 e. The summed E-state index contributed by atoms with van der Waals surface area (Å²) in [6.07, 6.45) is 0. The summed E-state index contributed by atoms with van der Waals surface area (Å²) in [6.45, 7) is 0. The van der Waals surface area contributed by atoms with Gasteiger partial charge < -0.3 is 5.32 Å². The Kier molecular flexibility index (Phi) is 4.93. The van der Waals surface area contributed by atoms with Crippen LogP contribution in [0, 0.1) is 0 Å². The fraction of sp³-hybridized carbons (Fsp3) is 0.0476. The second-order valence-corrected chi connectivity index (χ2v) is 9.21. The molecule has 0 spiro atoms. The predicted octanol–water partition coefficient (Wildman–Crippen LogP) is 4.38. The van der Waals surface area contributed by atoms with Gasteiger partial charge in [0.15, 0.2) is 9.84 Å². The lowest BCUT2D eigenvalue weighted by Crippen LogP contribution is -2.23. The van der Waals surface area contributed by atoms with E-state index in [0.717, 1.165) is 20.8 Å². The van der Waals surface area contributed by atoms with E-state index in [2.05, 4.69) is 10.3 Å². The second kappa shape index (κ2) is 7.53. The van der Waals surface area contributed by atoms with Crippen molar-refractivity contribution in [1.82, 2.24) is 4.98 Å². The third kappa shape index (κ3) is 3.95. The number of rotatable bonds is 5. The zero-order chi connectivity index (χ0) is 19.6. The number of aromatic nitrogens is 1. The SMILES string of the molecule is O=C(CS(=O)(=O)c1ccccc1)Nc1cccc(-c2nc3ccccc3s2)c1. The molecule has 7 heteroatoms. The quantitative estimate of drug-likeness (QED) is 0.532. The van der Waals surface area contributed by atoms with Crippen LogP contribution in [-0.2, 0) is 14.6 Å². The average molecular weight is 409 g/mol. The van der Waals surface area contributed by atoms with Gasteiger partial charge >= 0.3 is 0 Å². The molecule has 1 aromatic heterocycles. The molecule has 3 aromatic carbocycles. The van der Waals surface area contributed by atoms with Crippen molar-refractivity contribution in [3.05, 3.63) is 78.9 Å². The van der Waals surface area contributed by atoms with Gasteiger partial charge in [0.25, 0.3) is 0 Å². The molecule has 0 atom stereocenters. The molecule has 28 heavy (non-hydrogen) atoms. The summed E-state index contributed by atoms with van der Waals surface area (Å²) in [5.74, 6) is -1.19. The zero-order valence-corrected chi connectivity index (χ0v) is 16.3. The maximum absolute atomic E-state index is 12.4. The van der Waals surface area contributed by atoms with Crippen molar-refractivity contribution in [1.29, 1.82) is 0 Å². The van der Waals surface area contributed by atoms with E-state index in [0.29, 0.717) is 5.69 Å². The Balaban J connectivity index is 1.52. The fourth-order valence-electron chi connectivity index (χ4n) is 2.81. The lowest BCUT2D eigenvalue weighted by Gasteiger charge is -2.07. The highest BCUT2D eigenvalue weighted by Gasteiger charge is 2.19. The fourth-order valence-corrected chi connectivity index (χ4v) is 4.92. The first-order valence-electron chi connectivity index (χ1n) is 8.55. The third-order valence-electron chi connectivity index (χ3n) is 4.11. The zero-order valence-electron chi connectivity index (χ0n) is 14.7. The Bertz CT molecular complexity index is 1220. The molecule has 0 saturated heterocycles. The predicted molar refractivity (Wildman–Crippen MR) is 112 cm³/mol. The summed E-state index contributed by atoms with van der Waals surface area (Å²) < 4.78 is 25.8. The van der Waals surface area contributed by atoms with Crippen LogP contribution in [0.2, 0.25) is 0 Å². The molecule has 140 valence electrons. The van der Waals surface area contributed by atoms with Crippen LogP contribution in [0.15, 0.2) is 83.8 Å². The molecular formula is C21H16N2O3S2. The van der Waals surface area contributed by atoms with Gasteiger partial charge in [0, 0.05) is 11.3 Å². The van der Waals surface area contributed by atoms with Gasteiger partial charge in [0.05, 0.1) is 15.1 Å². The molecule has 4 aromatic rings. The molecule has 0 radical (unpaired) electrons. The van der Waals surface area contributed by atoms with Gasteiger partial charge in [-0.2, -0.15) is 0 Å². The maximum atomic E-state index is 12.4. The number of nitrogens with one attached hydrogen (secondary N) is 1. The third-order valence-corrected chi connectivity index (χ3v) is 6.83. The highest BCUT2D eigenvalue weighted by Crippen LogP contribution is 2.31. The first-order valence-corrected chi connectivity index (χ1v) is 11.0. The normalized spacial score (nSPS) is 11.4. The van der Waals surface area contributed by atoms with Crippen LogP contribution >= 0.6 is 11.3 Å². The minimum atomic E-state index is -3.68. The van der Waals surface area contributed by atoms with Crippen LogP contribution in [0.5, 0.6) is 0 Å². The van der Waals surface area contributed by atoms with E-state index in [-0.39, 0.29) is 4.90 Å². The molecule has 0 aliphatic carbocycles. The number of fused-ring (bicyclic) bond motifs is 1. The molecule has 5 nitrogen and oxygen atoms in total. The van der Waals surface area contributed by atoms with E-state index in [9.17, 15) is 13.2 Å². The molecule has 0 unspecified atom stereocenters. The molecule has 1 heterocycles. The Morgan fingerprint density at radius 1 is 0.929 bits per heavy atom. The van der Waals surface area contributed by atoms with Gasteiger partial charge in [-0.05, 0) is 36.4 Å². The Morgan fingerprint density at radius 2 is 1.68 bits per heavy atom. The van der Waals surface area contributed by atoms with Gasteiger partial charge in [-0.3, -0.25) is 4.79 Å². The number of para-hydroxylation sites is 1. The van der Waals surface area contributed by atoms with Crippen LogP contribution in [0.1, 0.15) is 0 Å². The summed E-state index contributed by atoms with van der Waals surface area (Å²) in [4.78, 5) is 17.0. The summed E-state index contributed by atoms with van der Waals surface area (Å²) in [7, 11) is -3.68. The Labute approximate surface area is 166 Å². The van der Waals surface area contributed by atoms with Gasteiger partial charge in [-0.25, -0.2) is 13.4 Å². The number of carbonyl (C=O) groups is 1. The first-order chi connectivity index (χ1) is 13.5. The molecule has 0 aliphatic rings. The van der Waals surface area contributed by atoms with Crippen LogP contribution in [-0.4, -0.2) is 25.1 Å². The van der Waals surface area contributed by atoms with E-state index < -0.39 is 21.5 Å². The molecule has 1 amide bonds. The van der Waals surface area contributed by atoms with Crippen LogP contribution in [0.25, 0.3) is 20.8 Å². The lowest BCUT2D eigenvalue weighted by molar-refractivity contribution is -0.113. The number of sulfone groups is 1. The number of amides is 1. The Morgan fingerprint density at radius 3 is 2.46 bits per heavy atom. The van der Waals surface area contributed by atoms with E-state index in [4.69, 9.17) is 0 Å². The molecule has 0 fully saturated rings. The number of thiazole rings is 1. The number of nitrogens with zero attached hydrogens (tertiary/aromatic N) is 1. The van der Waals surface area contributed by atoms with Crippen molar-refractivity contribution in [3.63, 3.8) is 0 Å². The highest BCUT2D eigenvalue weighted by molar-refractivity contribution is 7.92. The monoisotopic (exact) mass is 408 g/mol. The highest BCUT2D eigenvalue weighted by atomic mass is 32.2. The minimum Gasteiger partial charge on any atom is -0.325 e. The number of hydrogen-bond acceptors (Lipinski definition) is 5. The summed E-state index contributed by atoms with van der Waals surface area (Å²) >= 11 is 1.57. The number of anilines is 1. The number of hydrogen-bond donors (Lipinski definition) is 1. The first kappa shape index (κ1) is 18.3. The van der Waals surface area contributed by atoms with Gasteiger partial charge in [0.2, 0.25) is 5.91 Å². The van der Waals surface area contributed by atoms with Gasteiger partial charge in [0.1, 0.15) is 10.8 Å². The van der Waals surface area contributed by atoms with Crippen molar-refractivity contribution < 1.29 is 13.2 Å². The topological polar surface area (TPSA) is 76.1 Å². The van der Waals surface area contributed by atoms with Gasteiger partial charge in [-0.1, -0.05) is 42.5 Å². The van der Waals surface area contributed by atoms with Crippen molar-refractivity contribution in [2.24, 2.45) is 0 Å². The van der Waals surface area contributed by atoms with E-state index in [1.165, 1.54) is 12.1 Å². The molecule has 1 N–H and O–H groups in total. The maximum Gasteiger partial charge on any atom is 0.239 e. The summed E-state index contributed by atoms with van der Waals surface area (Å²) in [6, 6.07) is 23.1. The molecule has 0 aliphatic heterocycles. The van der Waals surface area contributed by atoms with Crippen LogP contribution in [0.4, 0.5) is 5.69 Å². The number of benzene rings is 3. The van der Waals surface area contributed by atoms with E-state index in [1.807, 2.05) is 36.4 Å². The minimum absolute atomic E-state index is 0.133. The van der Waals surface area contributed by atoms with Crippen molar-refractivity contribution in [3.8, 4) is 10.6 Å². The van der Waals surface area contributed by atoms with E-state index in [1.54, 1.807) is 41.7 Å². The van der Waals surface area contributed by atoms with Crippen molar-refractivity contribution in [2.75, 3.05) is 11.1 Å². The van der Waals surface area contributed by atoms with Crippen LogP contribution in [0.3, 0.4) is 0 Å².